The Hall–Kier alpha value is -3.48. The number of ether oxygens (including phenoxy) is 3. The highest BCUT2D eigenvalue weighted by molar-refractivity contribution is 6.35. The number of aromatic hydroxyl groups is 1. The van der Waals surface area contributed by atoms with E-state index in [4.69, 9.17) is 37.4 Å². The highest BCUT2D eigenvalue weighted by atomic mass is 35.5. The number of nitrogens with zero attached hydrogens (tertiary/aromatic N) is 2. The largest absolute Gasteiger partial charge is 0.507 e. The maximum atomic E-state index is 10.6. The van der Waals surface area contributed by atoms with Crippen molar-refractivity contribution in [1.82, 2.24) is 9.97 Å². The van der Waals surface area contributed by atoms with Crippen molar-refractivity contribution in [3.8, 4) is 40.0 Å². The number of hydrogen-bond donors (Lipinski definition) is 1. The van der Waals surface area contributed by atoms with Gasteiger partial charge in [-0.3, -0.25) is 0 Å². The van der Waals surface area contributed by atoms with Crippen LogP contribution in [0.5, 0.6) is 28.7 Å². The van der Waals surface area contributed by atoms with Crippen LogP contribution in [0.15, 0.2) is 73.2 Å². The van der Waals surface area contributed by atoms with Crippen LogP contribution in [0.4, 0.5) is 0 Å². The van der Waals surface area contributed by atoms with E-state index in [2.05, 4.69) is 9.97 Å². The summed E-state index contributed by atoms with van der Waals surface area (Å²) in [4.78, 5) is 8.32. The van der Waals surface area contributed by atoms with E-state index in [1.807, 2.05) is 0 Å². The quantitative estimate of drug-likeness (QED) is 0.332. The van der Waals surface area contributed by atoms with Crippen LogP contribution in [-0.2, 0) is 6.61 Å². The molecule has 4 aromatic rings. The number of halogens is 2. The molecule has 0 radical (unpaired) electrons. The Kier molecular flexibility index (Phi) is 6.63. The molecule has 162 valence electrons. The summed E-state index contributed by atoms with van der Waals surface area (Å²) in [6.45, 7) is 0.163. The van der Waals surface area contributed by atoms with E-state index in [1.165, 1.54) is 18.6 Å². The van der Waals surface area contributed by atoms with Crippen LogP contribution in [0.2, 0.25) is 10.0 Å². The monoisotopic (exact) mass is 468 g/mol. The molecule has 8 heteroatoms. The van der Waals surface area contributed by atoms with Crippen LogP contribution in [0.3, 0.4) is 0 Å². The van der Waals surface area contributed by atoms with E-state index in [9.17, 15) is 5.11 Å². The van der Waals surface area contributed by atoms with Gasteiger partial charge in [0.2, 0.25) is 0 Å². The lowest BCUT2D eigenvalue weighted by Gasteiger charge is -2.13. The van der Waals surface area contributed by atoms with Crippen molar-refractivity contribution in [3.63, 3.8) is 0 Å². The fraction of sp³-hybridized carbons (Fsp3) is 0.0833. The van der Waals surface area contributed by atoms with Gasteiger partial charge >= 0.3 is 0 Å². The number of aromatic nitrogens is 2. The summed E-state index contributed by atoms with van der Waals surface area (Å²) in [5.74, 6) is 2.12. The Morgan fingerprint density at radius 2 is 1.59 bits per heavy atom. The molecule has 0 amide bonds. The van der Waals surface area contributed by atoms with Gasteiger partial charge in [-0.1, -0.05) is 29.3 Å². The Morgan fingerprint density at radius 3 is 2.28 bits per heavy atom. The van der Waals surface area contributed by atoms with Crippen LogP contribution in [0.25, 0.3) is 11.3 Å². The summed E-state index contributed by atoms with van der Waals surface area (Å²) in [5, 5.41) is 11.7. The first-order valence-corrected chi connectivity index (χ1v) is 10.3. The summed E-state index contributed by atoms with van der Waals surface area (Å²) >= 11 is 12.4. The highest BCUT2D eigenvalue weighted by Crippen LogP contribution is 2.38. The number of phenols is 1. The zero-order valence-corrected chi connectivity index (χ0v) is 18.5. The van der Waals surface area contributed by atoms with Crippen molar-refractivity contribution in [3.05, 3.63) is 88.8 Å². The van der Waals surface area contributed by atoms with Crippen LogP contribution < -0.4 is 14.2 Å². The third-order valence-corrected chi connectivity index (χ3v) is 5.34. The third kappa shape index (κ3) is 4.88. The maximum absolute atomic E-state index is 10.6. The number of methoxy groups -OCH3 is 1. The van der Waals surface area contributed by atoms with Crippen molar-refractivity contribution < 1.29 is 19.3 Å². The zero-order chi connectivity index (χ0) is 22.5. The smallest absolute Gasteiger partial charge is 0.172 e. The van der Waals surface area contributed by atoms with Gasteiger partial charge in [-0.2, -0.15) is 0 Å². The van der Waals surface area contributed by atoms with E-state index in [0.29, 0.717) is 49.9 Å². The molecule has 1 aromatic heterocycles. The maximum Gasteiger partial charge on any atom is 0.172 e. The molecule has 1 heterocycles. The molecular formula is C24H18Cl2N2O4. The van der Waals surface area contributed by atoms with Gasteiger partial charge in [0, 0.05) is 27.2 Å². The van der Waals surface area contributed by atoms with Crippen molar-refractivity contribution in [1.29, 1.82) is 0 Å². The van der Waals surface area contributed by atoms with Gasteiger partial charge < -0.3 is 19.3 Å². The standard InChI is InChI=1S/C24H18Cl2N2O4/c1-30-15-5-7-16(8-6-15)32-23-12-27-14-28-24(23)18-10-9-17(11-22(18)29)31-13-19-20(25)3-2-4-21(19)26/h2-12,14,29H,13H2,1H3. The molecule has 0 aliphatic carbocycles. The molecule has 1 N–H and O–H groups in total. The van der Waals surface area contributed by atoms with E-state index in [1.54, 1.807) is 61.7 Å². The first kappa shape index (κ1) is 21.7. The number of phenolic OH excluding ortho intramolecular Hbond substituents is 1. The Balaban J connectivity index is 1.55. The molecule has 3 aromatic carbocycles. The second-order valence-corrected chi connectivity index (χ2v) is 7.50. The van der Waals surface area contributed by atoms with E-state index < -0.39 is 0 Å². The number of hydrogen-bond acceptors (Lipinski definition) is 6. The molecule has 0 saturated heterocycles. The second-order valence-electron chi connectivity index (χ2n) is 6.68. The SMILES string of the molecule is COc1ccc(Oc2cncnc2-c2ccc(OCc3c(Cl)cccc3Cl)cc2O)cc1. The average Bonchev–Trinajstić information content (AvgIpc) is 2.80. The lowest BCUT2D eigenvalue weighted by molar-refractivity contribution is 0.304. The van der Waals surface area contributed by atoms with Gasteiger partial charge in [-0.25, -0.2) is 9.97 Å². The lowest BCUT2D eigenvalue weighted by Crippen LogP contribution is -1.98. The lowest BCUT2D eigenvalue weighted by atomic mass is 10.1. The predicted molar refractivity (Wildman–Crippen MR) is 123 cm³/mol. The summed E-state index contributed by atoms with van der Waals surface area (Å²) in [5.41, 5.74) is 1.58. The first-order chi connectivity index (χ1) is 15.5. The predicted octanol–water partition coefficient (Wildman–Crippen LogP) is 6.54. The van der Waals surface area contributed by atoms with Gasteiger partial charge in [0.15, 0.2) is 5.75 Å². The molecule has 0 unspecified atom stereocenters. The number of rotatable bonds is 7. The Morgan fingerprint density at radius 1 is 0.906 bits per heavy atom. The second kappa shape index (κ2) is 9.77. The van der Waals surface area contributed by atoms with Crippen molar-refractivity contribution >= 4 is 23.2 Å². The molecule has 0 saturated carbocycles. The van der Waals surface area contributed by atoms with Gasteiger partial charge in [0.1, 0.15) is 41.6 Å². The minimum absolute atomic E-state index is 0.0222. The molecule has 0 spiro atoms. The average molecular weight is 469 g/mol. The molecule has 32 heavy (non-hydrogen) atoms. The van der Waals surface area contributed by atoms with E-state index in [-0.39, 0.29) is 12.4 Å². The first-order valence-electron chi connectivity index (χ1n) is 9.56. The molecule has 0 aliphatic rings. The molecule has 4 rings (SSSR count). The minimum Gasteiger partial charge on any atom is -0.507 e. The highest BCUT2D eigenvalue weighted by Gasteiger charge is 2.15. The summed E-state index contributed by atoms with van der Waals surface area (Å²) in [6, 6.07) is 17.3. The van der Waals surface area contributed by atoms with Crippen molar-refractivity contribution in [2.75, 3.05) is 7.11 Å². The Bertz CT molecular complexity index is 1210. The fourth-order valence-electron chi connectivity index (χ4n) is 2.99. The van der Waals surface area contributed by atoms with Gasteiger partial charge in [0.05, 0.1) is 13.3 Å². The molecule has 0 fully saturated rings. The van der Waals surface area contributed by atoms with Crippen LogP contribution in [-0.4, -0.2) is 22.2 Å². The van der Waals surface area contributed by atoms with Crippen LogP contribution >= 0.6 is 23.2 Å². The topological polar surface area (TPSA) is 73.7 Å². The minimum atomic E-state index is -0.0222. The molecule has 0 atom stereocenters. The van der Waals surface area contributed by atoms with Gasteiger partial charge in [0.25, 0.3) is 0 Å². The third-order valence-electron chi connectivity index (χ3n) is 4.64. The Labute approximate surface area is 195 Å². The van der Waals surface area contributed by atoms with Gasteiger partial charge in [-0.05, 0) is 48.5 Å². The summed E-state index contributed by atoms with van der Waals surface area (Å²) in [6.07, 6.45) is 2.93. The molecule has 0 bridgehead atoms. The normalized spacial score (nSPS) is 10.6. The molecular weight excluding hydrogens is 451 g/mol. The fourth-order valence-corrected chi connectivity index (χ4v) is 3.50. The van der Waals surface area contributed by atoms with Crippen LogP contribution in [0, 0.1) is 0 Å². The van der Waals surface area contributed by atoms with Crippen LogP contribution in [0.1, 0.15) is 5.56 Å². The van der Waals surface area contributed by atoms with Gasteiger partial charge in [-0.15, -0.1) is 0 Å². The summed E-state index contributed by atoms with van der Waals surface area (Å²) in [7, 11) is 1.60. The van der Waals surface area contributed by atoms with E-state index >= 15 is 0 Å². The molecule has 0 aliphatic heterocycles. The molecule has 6 nitrogen and oxygen atoms in total. The van der Waals surface area contributed by atoms with E-state index in [0.717, 1.165) is 0 Å². The van der Waals surface area contributed by atoms with Crippen molar-refractivity contribution in [2.45, 2.75) is 6.61 Å². The number of benzene rings is 3. The zero-order valence-electron chi connectivity index (χ0n) is 17.0. The van der Waals surface area contributed by atoms with Crippen molar-refractivity contribution in [2.24, 2.45) is 0 Å². The summed E-state index contributed by atoms with van der Waals surface area (Å²) < 4.78 is 16.9.